The van der Waals surface area contributed by atoms with E-state index in [2.05, 4.69) is 10.3 Å². The van der Waals surface area contributed by atoms with Crippen molar-refractivity contribution in [2.45, 2.75) is 32.3 Å². The van der Waals surface area contributed by atoms with Crippen molar-refractivity contribution >= 4 is 17.7 Å². The van der Waals surface area contributed by atoms with Gasteiger partial charge in [-0.15, -0.1) is 0 Å². The number of aromatic nitrogens is 1. The third-order valence-corrected chi connectivity index (χ3v) is 5.01. The van der Waals surface area contributed by atoms with E-state index < -0.39 is 6.09 Å². The number of carbonyl (C=O) groups is 2. The van der Waals surface area contributed by atoms with E-state index in [4.69, 9.17) is 4.74 Å². The molecule has 146 valence electrons. The predicted molar refractivity (Wildman–Crippen MR) is 111 cm³/mol. The van der Waals surface area contributed by atoms with Crippen LogP contribution in [0.25, 0.3) is 0 Å². The molecule has 0 unspecified atom stereocenters. The summed E-state index contributed by atoms with van der Waals surface area (Å²) in [6.07, 6.45) is 3.27. The molecule has 1 aliphatic rings. The summed E-state index contributed by atoms with van der Waals surface area (Å²) in [7, 11) is 0. The van der Waals surface area contributed by atoms with E-state index in [-0.39, 0.29) is 18.2 Å². The summed E-state index contributed by atoms with van der Waals surface area (Å²) in [5.41, 5.74) is 3.87. The topological polar surface area (TPSA) is 68.3 Å². The van der Waals surface area contributed by atoms with E-state index in [1.807, 2.05) is 54.6 Å². The zero-order valence-corrected chi connectivity index (χ0v) is 16.1. The van der Waals surface area contributed by atoms with Crippen LogP contribution in [0, 0.1) is 0 Å². The van der Waals surface area contributed by atoms with Crippen molar-refractivity contribution in [2.75, 3.05) is 5.32 Å². The summed E-state index contributed by atoms with van der Waals surface area (Å²) in [5.74, 6) is 0.0994. The molecule has 0 fully saturated rings. The third kappa shape index (κ3) is 4.51. The Morgan fingerprint density at radius 1 is 0.931 bits per heavy atom. The van der Waals surface area contributed by atoms with Crippen LogP contribution in [0.5, 0.6) is 0 Å². The van der Waals surface area contributed by atoms with E-state index in [1.54, 1.807) is 12.1 Å². The summed E-state index contributed by atoms with van der Waals surface area (Å²) in [6.45, 7) is 0.152. The maximum atomic E-state index is 13.1. The Bertz CT molecular complexity index is 1020. The maximum Gasteiger partial charge on any atom is 0.413 e. The van der Waals surface area contributed by atoms with Crippen LogP contribution in [0.15, 0.2) is 66.7 Å². The van der Waals surface area contributed by atoms with E-state index in [0.29, 0.717) is 11.1 Å². The van der Waals surface area contributed by atoms with E-state index in [9.17, 15) is 9.59 Å². The van der Waals surface area contributed by atoms with Gasteiger partial charge in [-0.05, 0) is 42.9 Å². The fourth-order valence-corrected chi connectivity index (χ4v) is 3.50. The lowest BCUT2D eigenvalue weighted by molar-refractivity contribution is 0.103. The number of amides is 1. The van der Waals surface area contributed by atoms with Crippen molar-refractivity contribution in [3.63, 3.8) is 0 Å². The first-order chi connectivity index (χ1) is 14.2. The van der Waals surface area contributed by atoms with Gasteiger partial charge in [0.1, 0.15) is 12.4 Å². The monoisotopic (exact) mass is 386 g/mol. The number of hydrogen-bond acceptors (Lipinski definition) is 4. The normalized spacial score (nSPS) is 12.7. The molecule has 0 spiro atoms. The van der Waals surface area contributed by atoms with Gasteiger partial charge in [0.05, 0.1) is 5.56 Å². The summed E-state index contributed by atoms with van der Waals surface area (Å²) in [4.78, 5) is 30.1. The van der Waals surface area contributed by atoms with Gasteiger partial charge in [-0.25, -0.2) is 9.78 Å². The number of ether oxygens (including phenoxy) is 1. The molecule has 0 aliphatic heterocycles. The Kier molecular flexibility index (Phi) is 5.66. The molecule has 5 nitrogen and oxygen atoms in total. The predicted octanol–water partition coefficient (Wildman–Crippen LogP) is 4.94. The van der Waals surface area contributed by atoms with Gasteiger partial charge in [-0.2, -0.15) is 0 Å². The number of benzene rings is 2. The number of nitrogens with one attached hydrogen (secondary N) is 1. The first kappa shape index (κ1) is 18.9. The largest absolute Gasteiger partial charge is 0.444 e. The SMILES string of the molecule is O=C(Nc1nc2c(cc1C(=O)c1ccccc1)CCCC2)OCc1ccccc1. The molecule has 0 saturated carbocycles. The molecule has 3 aromatic rings. The second kappa shape index (κ2) is 8.69. The number of rotatable bonds is 5. The minimum absolute atomic E-state index is 0.152. The highest BCUT2D eigenvalue weighted by atomic mass is 16.5. The van der Waals surface area contributed by atoms with Crippen molar-refractivity contribution in [2.24, 2.45) is 0 Å². The molecule has 2 aromatic carbocycles. The Morgan fingerprint density at radius 3 is 2.38 bits per heavy atom. The van der Waals surface area contributed by atoms with Gasteiger partial charge in [0.25, 0.3) is 0 Å². The van der Waals surface area contributed by atoms with Gasteiger partial charge in [-0.1, -0.05) is 60.7 Å². The third-order valence-electron chi connectivity index (χ3n) is 5.01. The highest BCUT2D eigenvalue weighted by Crippen LogP contribution is 2.26. The first-order valence-electron chi connectivity index (χ1n) is 9.81. The smallest absolute Gasteiger partial charge is 0.413 e. The van der Waals surface area contributed by atoms with Gasteiger partial charge in [0, 0.05) is 11.3 Å². The van der Waals surface area contributed by atoms with Crippen LogP contribution in [-0.4, -0.2) is 16.9 Å². The van der Waals surface area contributed by atoms with Crippen LogP contribution in [0.1, 0.15) is 45.6 Å². The number of nitrogens with zero attached hydrogens (tertiary/aromatic N) is 1. The zero-order valence-electron chi connectivity index (χ0n) is 16.1. The Balaban J connectivity index is 1.59. The van der Waals surface area contributed by atoms with Gasteiger partial charge >= 0.3 is 6.09 Å². The number of ketones is 1. The average molecular weight is 386 g/mol. The molecule has 29 heavy (non-hydrogen) atoms. The summed E-state index contributed by atoms with van der Waals surface area (Å²) >= 11 is 0. The minimum atomic E-state index is -0.626. The summed E-state index contributed by atoms with van der Waals surface area (Å²) in [5, 5.41) is 2.69. The molecular weight excluding hydrogens is 364 g/mol. The maximum absolute atomic E-state index is 13.1. The van der Waals surface area contributed by atoms with Crippen LogP contribution < -0.4 is 5.32 Å². The molecule has 0 radical (unpaired) electrons. The molecule has 5 heteroatoms. The lowest BCUT2D eigenvalue weighted by Crippen LogP contribution is -2.20. The molecule has 0 atom stereocenters. The highest BCUT2D eigenvalue weighted by Gasteiger charge is 2.22. The van der Waals surface area contributed by atoms with Crippen LogP contribution >= 0.6 is 0 Å². The van der Waals surface area contributed by atoms with Crippen molar-refractivity contribution in [1.82, 2.24) is 4.98 Å². The standard InChI is InChI=1S/C24H22N2O3/c27-22(18-11-5-2-6-12-18)20-15-19-13-7-8-14-21(19)25-23(20)26-24(28)29-16-17-9-3-1-4-10-17/h1-6,9-12,15H,7-8,13-14,16H2,(H,25,26,28). The van der Waals surface area contributed by atoms with Crippen molar-refractivity contribution in [3.05, 3.63) is 94.7 Å². The molecule has 1 amide bonds. The number of carbonyl (C=O) groups excluding carboxylic acids is 2. The number of fused-ring (bicyclic) bond motifs is 1. The van der Waals surface area contributed by atoms with Gasteiger partial charge in [0.2, 0.25) is 0 Å². The summed E-state index contributed by atoms with van der Waals surface area (Å²) in [6, 6.07) is 20.4. The number of hydrogen-bond donors (Lipinski definition) is 1. The van der Waals surface area contributed by atoms with Crippen LogP contribution in [0.2, 0.25) is 0 Å². The Labute approximate surface area is 169 Å². The van der Waals surface area contributed by atoms with Gasteiger partial charge in [0.15, 0.2) is 5.78 Å². The average Bonchev–Trinajstić information content (AvgIpc) is 2.78. The van der Waals surface area contributed by atoms with Crippen LogP contribution in [0.4, 0.5) is 10.6 Å². The molecule has 1 aromatic heterocycles. The molecule has 0 saturated heterocycles. The Morgan fingerprint density at radius 2 is 1.62 bits per heavy atom. The molecule has 4 rings (SSSR count). The van der Waals surface area contributed by atoms with Crippen molar-refractivity contribution in [1.29, 1.82) is 0 Å². The van der Waals surface area contributed by atoms with Crippen LogP contribution in [-0.2, 0) is 24.2 Å². The van der Waals surface area contributed by atoms with Gasteiger partial charge in [-0.3, -0.25) is 10.1 Å². The molecule has 1 heterocycles. The second-order valence-corrected chi connectivity index (χ2v) is 7.08. The van der Waals surface area contributed by atoms with Crippen molar-refractivity contribution in [3.8, 4) is 0 Å². The lowest BCUT2D eigenvalue weighted by Gasteiger charge is -2.18. The molecule has 0 bridgehead atoms. The quantitative estimate of drug-likeness (QED) is 0.631. The minimum Gasteiger partial charge on any atom is -0.444 e. The van der Waals surface area contributed by atoms with Gasteiger partial charge < -0.3 is 4.74 Å². The fraction of sp³-hybridized carbons (Fsp3) is 0.208. The van der Waals surface area contributed by atoms with E-state index in [0.717, 1.165) is 42.5 Å². The van der Waals surface area contributed by atoms with Crippen LogP contribution in [0.3, 0.4) is 0 Å². The second-order valence-electron chi connectivity index (χ2n) is 7.08. The number of aryl methyl sites for hydroxylation is 2. The lowest BCUT2D eigenvalue weighted by atomic mass is 9.93. The summed E-state index contributed by atoms with van der Waals surface area (Å²) < 4.78 is 5.32. The molecule has 1 aliphatic carbocycles. The van der Waals surface area contributed by atoms with E-state index in [1.165, 1.54) is 0 Å². The molecule has 1 N–H and O–H groups in total. The first-order valence-corrected chi connectivity index (χ1v) is 9.81. The Hall–Kier alpha value is -3.47. The molecular formula is C24H22N2O3. The van der Waals surface area contributed by atoms with E-state index >= 15 is 0 Å². The number of anilines is 1. The number of pyridine rings is 1. The fourth-order valence-electron chi connectivity index (χ4n) is 3.50. The van der Waals surface area contributed by atoms with Crippen molar-refractivity contribution < 1.29 is 14.3 Å². The zero-order chi connectivity index (χ0) is 20.1. The highest BCUT2D eigenvalue weighted by molar-refractivity contribution is 6.13.